The minimum Gasteiger partial charge on any atom is -0.435 e. The van der Waals surface area contributed by atoms with Crippen LogP contribution < -0.4 is 10.1 Å². The van der Waals surface area contributed by atoms with Crippen molar-refractivity contribution >= 4 is 34.2 Å². The quantitative estimate of drug-likeness (QED) is 0.767. The van der Waals surface area contributed by atoms with Crippen LogP contribution in [0.5, 0.6) is 5.75 Å². The number of rotatable bonds is 4. The van der Waals surface area contributed by atoms with Gasteiger partial charge in [0.15, 0.2) is 0 Å². The van der Waals surface area contributed by atoms with Crippen molar-refractivity contribution in [3.8, 4) is 5.75 Å². The number of hydrogen-bond acceptors (Lipinski definition) is 2. The molecular weight excluding hydrogens is 391 g/mol. The summed E-state index contributed by atoms with van der Waals surface area (Å²) >= 11 is 2.18. The minimum absolute atomic E-state index is 0.0445. The Hall–Kier alpha value is -1.70. The fourth-order valence-corrected chi connectivity index (χ4v) is 2.42. The van der Waals surface area contributed by atoms with E-state index in [1.54, 1.807) is 6.07 Å². The first-order valence-electron chi connectivity index (χ1n) is 6.08. The van der Waals surface area contributed by atoms with E-state index in [4.69, 9.17) is 0 Å². The van der Waals surface area contributed by atoms with Crippen LogP contribution in [-0.2, 0) is 0 Å². The van der Waals surface area contributed by atoms with Crippen LogP contribution in [0.1, 0.15) is 15.9 Å². The van der Waals surface area contributed by atoms with Crippen LogP contribution in [-0.4, -0.2) is 12.5 Å². The van der Waals surface area contributed by atoms with E-state index in [2.05, 4.69) is 32.6 Å². The van der Waals surface area contributed by atoms with E-state index >= 15 is 0 Å². The molecule has 2 rings (SSSR count). The Labute approximate surface area is 134 Å². The lowest BCUT2D eigenvalue weighted by Crippen LogP contribution is -2.13. The summed E-state index contributed by atoms with van der Waals surface area (Å²) in [6.07, 6.45) is 0. The first-order valence-corrected chi connectivity index (χ1v) is 7.16. The second-order valence-corrected chi connectivity index (χ2v) is 5.57. The van der Waals surface area contributed by atoms with E-state index in [1.165, 1.54) is 24.3 Å². The van der Waals surface area contributed by atoms with Gasteiger partial charge in [-0.1, -0.05) is 6.07 Å². The molecule has 0 aliphatic rings. The van der Waals surface area contributed by atoms with Crippen LogP contribution in [0.2, 0.25) is 0 Å². The molecule has 1 N–H and O–H groups in total. The van der Waals surface area contributed by atoms with Gasteiger partial charge < -0.3 is 10.1 Å². The predicted molar refractivity (Wildman–Crippen MR) is 84.9 cm³/mol. The first-order chi connectivity index (χ1) is 9.95. The van der Waals surface area contributed by atoms with E-state index in [-0.39, 0.29) is 17.2 Å². The third-order valence-electron chi connectivity index (χ3n) is 2.76. The van der Waals surface area contributed by atoms with Crippen molar-refractivity contribution in [1.29, 1.82) is 0 Å². The highest BCUT2D eigenvalue weighted by Gasteiger charge is 2.10. The summed E-state index contributed by atoms with van der Waals surface area (Å²) in [6, 6.07) is 11.3. The summed E-state index contributed by atoms with van der Waals surface area (Å²) in [6.45, 7) is -1.03. The largest absolute Gasteiger partial charge is 0.435 e. The van der Waals surface area contributed by atoms with Crippen molar-refractivity contribution in [3.63, 3.8) is 0 Å². The Balaban J connectivity index is 2.16. The molecule has 0 unspecified atom stereocenters. The molecule has 1 amide bonds. The number of anilines is 1. The molecule has 0 saturated carbocycles. The molecule has 3 nitrogen and oxygen atoms in total. The molecule has 0 aromatic heterocycles. The van der Waals surface area contributed by atoms with Gasteiger partial charge >= 0.3 is 6.61 Å². The van der Waals surface area contributed by atoms with Crippen molar-refractivity contribution in [2.75, 3.05) is 5.32 Å². The number of carbonyl (C=O) groups excluding carboxylic acids is 1. The van der Waals surface area contributed by atoms with Crippen molar-refractivity contribution in [3.05, 3.63) is 57.2 Å². The predicted octanol–water partition coefficient (Wildman–Crippen LogP) is 4.45. The highest BCUT2D eigenvalue weighted by molar-refractivity contribution is 14.1. The van der Waals surface area contributed by atoms with Gasteiger partial charge in [0.25, 0.3) is 5.91 Å². The molecule has 110 valence electrons. The lowest BCUT2D eigenvalue weighted by Gasteiger charge is -2.10. The summed E-state index contributed by atoms with van der Waals surface area (Å²) < 4.78 is 29.7. The van der Waals surface area contributed by atoms with E-state index in [0.29, 0.717) is 5.69 Å². The zero-order valence-corrected chi connectivity index (χ0v) is 13.2. The van der Waals surface area contributed by atoms with Crippen molar-refractivity contribution in [2.24, 2.45) is 0 Å². The molecule has 0 bridgehead atoms. The standard InChI is InChI=1S/C15H12F2INO2/c1-9-7-11(18)5-6-13(9)19-14(20)10-3-2-4-12(8-10)21-15(16)17/h2-8,15H,1H3,(H,19,20). The Morgan fingerprint density at radius 1 is 1.24 bits per heavy atom. The molecule has 0 atom stereocenters. The van der Waals surface area contributed by atoms with Gasteiger partial charge in [-0.25, -0.2) is 0 Å². The molecule has 0 fully saturated rings. The Bertz CT molecular complexity index is 662. The average molecular weight is 403 g/mol. The summed E-state index contributed by atoms with van der Waals surface area (Å²) in [5.74, 6) is -0.420. The second-order valence-electron chi connectivity index (χ2n) is 4.32. The maximum Gasteiger partial charge on any atom is 0.387 e. The van der Waals surface area contributed by atoms with E-state index in [1.807, 2.05) is 19.1 Å². The lowest BCUT2D eigenvalue weighted by molar-refractivity contribution is -0.0498. The van der Waals surface area contributed by atoms with Gasteiger partial charge in [-0.3, -0.25) is 4.79 Å². The van der Waals surface area contributed by atoms with Gasteiger partial charge in [0.05, 0.1) is 0 Å². The van der Waals surface area contributed by atoms with Crippen LogP contribution in [0, 0.1) is 10.5 Å². The molecule has 2 aromatic carbocycles. The number of ether oxygens (including phenoxy) is 1. The SMILES string of the molecule is Cc1cc(I)ccc1NC(=O)c1cccc(OC(F)F)c1. The topological polar surface area (TPSA) is 38.3 Å². The van der Waals surface area contributed by atoms with Gasteiger partial charge in [-0.15, -0.1) is 0 Å². The maximum atomic E-state index is 12.2. The van der Waals surface area contributed by atoms with Crippen LogP contribution in [0.4, 0.5) is 14.5 Å². The molecule has 2 aromatic rings. The number of amides is 1. The summed E-state index contributed by atoms with van der Waals surface area (Å²) in [7, 11) is 0. The molecule has 0 aliphatic carbocycles. The van der Waals surface area contributed by atoms with Gasteiger partial charge in [0.1, 0.15) is 5.75 Å². The van der Waals surface area contributed by atoms with Gasteiger partial charge in [-0.05, 0) is 71.5 Å². The minimum atomic E-state index is -2.92. The highest BCUT2D eigenvalue weighted by Crippen LogP contribution is 2.20. The number of aryl methyl sites for hydroxylation is 1. The van der Waals surface area contributed by atoms with Crippen molar-refractivity contribution < 1.29 is 18.3 Å². The Morgan fingerprint density at radius 2 is 2.00 bits per heavy atom. The van der Waals surface area contributed by atoms with Crippen LogP contribution in [0.15, 0.2) is 42.5 Å². The highest BCUT2D eigenvalue weighted by atomic mass is 127. The molecule has 0 saturated heterocycles. The van der Waals surface area contributed by atoms with Crippen LogP contribution >= 0.6 is 22.6 Å². The molecular formula is C15H12F2INO2. The van der Waals surface area contributed by atoms with Crippen molar-refractivity contribution in [1.82, 2.24) is 0 Å². The Morgan fingerprint density at radius 3 is 2.67 bits per heavy atom. The monoisotopic (exact) mass is 403 g/mol. The van der Waals surface area contributed by atoms with Crippen molar-refractivity contribution in [2.45, 2.75) is 13.5 Å². The molecule has 21 heavy (non-hydrogen) atoms. The van der Waals surface area contributed by atoms with Crippen LogP contribution in [0.3, 0.4) is 0 Å². The fourth-order valence-electron chi connectivity index (χ4n) is 1.78. The Kier molecular flexibility index (Phi) is 5.11. The third kappa shape index (κ3) is 4.38. The third-order valence-corrected chi connectivity index (χ3v) is 3.43. The van der Waals surface area contributed by atoms with Gasteiger partial charge in [0.2, 0.25) is 0 Å². The van der Waals surface area contributed by atoms with E-state index in [0.717, 1.165) is 9.13 Å². The fraction of sp³-hybridized carbons (Fsp3) is 0.133. The number of alkyl halides is 2. The number of benzene rings is 2. The lowest BCUT2D eigenvalue weighted by atomic mass is 10.1. The molecule has 6 heteroatoms. The molecule has 0 radical (unpaired) electrons. The normalized spacial score (nSPS) is 10.5. The number of hydrogen-bond donors (Lipinski definition) is 1. The zero-order chi connectivity index (χ0) is 15.4. The maximum absolute atomic E-state index is 12.2. The second kappa shape index (κ2) is 6.84. The van der Waals surface area contributed by atoms with E-state index in [9.17, 15) is 13.6 Å². The van der Waals surface area contributed by atoms with Crippen LogP contribution in [0.25, 0.3) is 0 Å². The van der Waals surface area contributed by atoms with Gasteiger partial charge in [-0.2, -0.15) is 8.78 Å². The molecule has 0 heterocycles. The summed E-state index contributed by atoms with van der Waals surface area (Å²) in [4.78, 5) is 12.1. The molecule has 0 aliphatic heterocycles. The number of carbonyl (C=O) groups is 1. The average Bonchev–Trinajstić information content (AvgIpc) is 2.41. The smallest absolute Gasteiger partial charge is 0.387 e. The summed E-state index contributed by atoms with van der Waals surface area (Å²) in [5.41, 5.74) is 1.86. The number of halogens is 3. The van der Waals surface area contributed by atoms with Gasteiger partial charge in [0, 0.05) is 14.8 Å². The first kappa shape index (κ1) is 15.7. The molecule has 0 spiro atoms. The van der Waals surface area contributed by atoms with E-state index < -0.39 is 6.61 Å². The zero-order valence-electron chi connectivity index (χ0n) is 11.1. The number of nitrogens with one attached hydrogen (secondary N) is 1. The summed E-state index contributed by atoms with van der Waals surface area (Å²) in [5, 5.41) is 2.75.